The van der Waals surface area contributed by atoms with Crippen LogP contribution in [0.5, 0.6) is 0 Å². The molecule has 1 aromatic carbocycles. The summed E-state index contributed by atoms with van der Waals surface area (Å²) < 4.78 is 0. The molecule has 6 nitrogen and oxygen atoms in total. The highest BCUT2D eigenvalue weighted by Crippen LogP contribution is 2.09. The van der Waals surface area contributed by atoms with Crippen molar-refractivity contribution in [3.63, 3.8) is 0 Å². The Morgan fingerprint density at radius 3 is 2.45 bits per heavy atom. The molecule has 1 aliphatic heterocycles. The zero-order chi connectivity index (χ0) is 15.9. The molecule has 1 aliphatic rings. The number of nitrogens with one attached hydrogen (secondary N) is 2. The zero-order valence-corrected chi connectivity index (χ0v) is 13.0. The molecule has 2 amide bonds. The average Bonchev–Trinajstić information content (AvgIpc) is 2.48. The van der Waals surface area contributed by atoms with Crippen molar-refractivity contribution < 1.29 is 9.59 Å². The first-order valence-corrected chi connectivity index (χ1v) is 7.33. The summed E-state index contributed by atoms with van der Waals surface area (Å²) in [5.41, 5.74) is 4.55. The van der Waals surface area contributed by atoms with Crippen molar-refractivity contribution in [2.24, 2.45) is 0 Å². The van der Waals surface area contributed by atoms with Crippen LogP contribution in [0.1, 0.15) is 5.56 Å². The number of benzene rings is 1. The van der Waals surface area contributed by atoms with E-state index in [1.54, 1.807) is 0 Å². The van der Waals surface area contributed by atoms with Crippen LogP contribution in [0.3, 0.4) is 0 Å². The van der Waals surface area contributed by atoms with Crippen molar-refractivity contribution in [3.05, 3.63) is 42.0 Å². The number of carbonyl (C=O) groups is 2. The molecule has 0 atom stereocenters. The molecule has 22 heavy (non-hydrogen) atoms. The van der Waals surface area contributed by atoms with E-state index in [0.717, 1.165) is 31.7 Å². The average molecular weight is 302 g/mol. The lowest BCUT2D eigenvalue weighted by Crippen LogP contribution is -2.52. The molecule has 0 spiro atoms. The fourth-order valence-electron chi connectivity index (χ4n) is 2.17. The van der Waals surface area contributed by atoms with E-state index in [4.69, 9.17) is 0 Å². The van der Waals surface area contributed by atoms with Gasteiger partial charge in [0.25, 0.3) is 5.91 Å². The van der Waals surface area contributed by atoms with Crippen molar-refractivity contribution in [1.29, 1.82) is 0 Å². The van der Waals surface area contributed by atoms with Crippen LogP contribution in [0.4, 0.5) is 5.69 Å². The third-order valence-corrected chi connectivity index (χ3v) is 3.44. The Morgan fingerprint density at radius 2 is 1.77 bits per heavy atom. The maximum atomic E-state index is 11.8. The minimum Gasteiger partial charge on any atom is -0.323 e. The predicted octanol–water partition coefficient (Wildman–Crippen LogP) is 0.768. The van der Waals surface area contributed by atoms with Gasteiger partial charge < -0.3 is 10.2 Å². The molecule has 1 saturated heterocycles. The van der Waals surface area contributed by atoms with Crippen LogP contribution in [0.25, 0.3) is 0 Å². The first kappa shape index (κ1) is 16.2. The van der Waals surface area contributed by atoms with Crippen molar-refractivity contribution in [2.75, 3.05) is 38.5 Å². The highest BCUT2D eigenvalue weighted by molar-refractivity contribution is 6.03. The standard InChI is InChI=1S/C16H22N4O2/c1-13-4-3-5-14(12-13)17-15(21)6-7-16(22)18-20-10-8-19(2)9-11-20/h3-7,12H,8-11H2,1-2H3,(H,17,21)(H,18,22)/b7-6+. The third kappa shape index (κ3) is 5.31. The molecule has 2 rings (SSSR count). The number of hydrazine groups is 1. The Hall–Kier alpha value is -2.18. The molecule has 0 unspecified atom stereocenters. The van der Waals surface area contributed by atoms with Gasteiger partial charge in [-0.05, 0) is 31.7 Å². The second-order valence-electron chi connectivity index (χ2n) is 5.46. The van der Waals surface area contributed by atoms with Crippen molar-refractivity contribution in [1.82, 2.24) is 15.3 Å². The van der Waals surface area contributed by atoms with Gasteiger partial charge in [-0.3, -0.25) is 15.0 Å². The van der Waals surface area contributed by atoms with Gasteiger partial charge in [-0.2, -0.15) is 0 Å². The molecule has 6 heteroatoms. The van der Waals surface area contributed by atoms with E-state index in [1.807, 2.05) is 36.2 Å². The van der Waals surface area contributed by atoms with Crippen LogP contribution in [-0.2, 0) is 9.59 Å². The first-order valence-electron chi connectivity index (χ1n) is 7.33. The van der Waals surface area contributed by atoms with E-state index in [1.165, 1.54) is 12.2 Å². The van der Waals surface area contributed by atoms with Crippen LogP contribution in [0.2, 0.25) is 0 Å². The van der Waals surface area contributed by atoms with Crippen molar-refractivity contribution in [2.45, 2.75) is 6.92 Å². The number of likely N-dealkylation sites (N-methyl/N-ethyl adjacent to an activating group) is 1. The number of hydrogen-bond acceptors (Lipinski definition) is 4. The monoisotopic (exact) mass is 302 g/mol. The first-order chi connectivity index (χ1) is 10.5. The van der Waals surface area contributed by atoms with Crippen molar-refractivity contribution in [3.8, 4) is 0 Å². The molecule has 0 aromatic heterocycles. The van der Waals surface area contributed by atoms with Crippen LogP contribution in [-0.4, -0.2) is 54.9 Å². The fraction of sp³-hybridized carbons (Fsp3) is 0.375. The Morgan fingerprint density at radius 1 is 1.09 bits per heavy atom. The zero-order valence-electron chi connectivity index (χ0n) is 13.0. The Balaban J connectivity index is 1.78. The maximum Gasteiger partial charge on any atom is 0.258 e. The largest absolute Gasteiger partial charge is 0.323 e. The Bertz CT molecular complexity index is 563. The van der Waals surface area contributed by atoms with Crippen LogP contribution in [0, 0.1) is 6.92 Å². The highest BCUT2D eigenvalue weighted by Gasteiger charge is 2.14. The summed E-state index contributed by atoms with van der Waals surface area (Å²) in [6, 6.07) is 7.50. The summed E-state index contributed by atoms with van der Waals surface area (Å²) in [6.07, 6.45) is 2.50. The number of piperazine rings is 1. The number of amides is 2. The number of aryl methyl sites for hydroxylation is 1. The Labute approximate surface area is 130 Å². The molecule has 1 fully saturated rings. The summed E-state index contributed by atoms with van der Waals surface area (Å²) in [6.45, 7) is 5.35. The molecule has 0 saturated carbocycles. The minimum atomic E-state index is -0.320. The van der Waals surface area contributed by atoms with Gasteiger partial charge in [0, 0.05) is 44.0 Å². The number of nitrogens with zero attached hydrogens (tertiary/aromatic N) is 2. The quantitative estimate of drug-likeness (QED) is 0.806. The molecular weight excluding hydrogens is 280 g/mol. The summed E-state index contributed by atoms with van der Waals surface area (Å²) in [4.78, 5) is 25.7. The lowest BCUT2D eigenvalue weighted by atomic mass is 10.2. The molecule has 118 valence electrons. The number of rotatable bonds is 4. The van der Waals surface area contributed by atoms with E-state index in [2.05, 4.69) is 22.7 Å². The normalized spacial score (nSPS) is 16.6. The van der Waals surface area contributed by atoms with Gasteiger partial charge in [-0.25, -0.2) is 5.01 Å². The van der Waals surface area contributed by atoms with Crippen LogP contribution < -0.4 is 10.7 Å². The second kappa shape index (κ2) is 7.72. The molecule has 1 aromatic rings. The molecule has 0 aliphatic carbocycles. The van der Waals surface area contributed by atoms with Gasteiger partial charge in [-0.1, -0.05) is 12.1 Å². The lowest BCUT2D eigenvalue weighted by molar-refractivity contribution is -0.122. The van der Waals surface area contributed by atoms with Gasteiger partial charge in [0.15, 0.2) is 0 Å². The topological polar surface area (TPSA) is 64.7 Å². The van der Waals surface area contributed by atoms with Gasteiger partial charge in [0.1, 0.15) is 0 Å². The molecule has 0 bridgehead atoms. The number of anilines is 1. The maximum absolute atomic E-state index is 11.8. The molecule has 2 N–H and O–H groups in total. The van der Waals surface area contributed by atoms with Gasteiger partial charge in [0.05, 0.1) is 0 Å². The second-order valence-corrected chi connectivity index (χ2v) is 5.46. The molecule has 0 radical (unpaired) electrons. The van der Waals surface area contributed by atoms with E-state index in [9.17, 15) is 9.59 Å². The summed E-state index contributed by atoms with van der Waals surface area (Å²) in [5, 5.41) is 4.59. The Kier molecular flexibility index (Phi) is 5.68. The van der Waals surface area contributed by atoms with Crippen LogP contribution >= 0.6 is 0 Å². The molecule has 1 heterocycles. The summed E-state index contributed by atoms with van der Waals surface area (Å²) >= 11 is 0. The lowest BCUT2D eigenvalue weighted by Gasteiger charge is -2.31. The van der Waals surface area contributed by atoms with Crippen molar-refractivity contribution >= 4 is 17.5 Å². The predicted molar refractivity (Wildman–Crippen MR) is 86.2 cm³/mol. The smallest absolute Gasteiger partial charge is 0.258 e. The minimum absolute atomic E-state index is 0.288. The van der Waals surface area contributed by atoms with E-state index < -0.39 is 0 Å². The SMILES string of the molecule is Cc1cccc(NC(=O)/C=C/C(=O)NN2CCN(C)CC2)c1. The van der Waals surface area contributed by atoms with E-state index >= 15 is 0 Å². The van der Waals surface area contributed by atoms with Gasteiger partial charge in [0.2, 0.25) is 5.91 Å². The number of hydrogen-bond donors (Lipinski definition) is 2. The fourth-order valence-corrected chi connectivity index (χ4v) is 2.17. The van der Waals surface area contributed by atoms with Gasteiger partial charge in [-0.15, -0.1) is 0 Å². The van der Waals surface area contributed by atoms with Gasteiger partial charge >= 0.3 is 0 Å². The summed E-state index contributed by atoms with van der Waals surface area (Å²) in [7, 11) is 2.05. The highest BCUT2D eigenvalue weighted by atomic mass is 16.2. The molecular formula is C16H22N4O2. The van der Waals surface area contributed by atoms with E-state index in [0.29, 0.717) is 5.69 Å². The number of carbonyl (C=O) groups excluding carboxylic acids is 2. The summed E-state index contributed by atoms with van der Waals surface area (Å²) in [5.74, 6) is -0.608. The third-order valence-electron chi connectivity index (χ3n) is 3.44. The van der Waals surface area contributed by atoms with Crippen LogP contribution in [0.15, 0.2) is 36.4 Å². The van der Waals surface area contributed by atoms with E-state index in [-0.39, 0.29) is 11.8 Å².